The highest BCUT2D eigenvalue weighted by atomic mass is 79.9. The third-order valence-corrected chi connectivity index (χ3v) is 4.21. The zero-order valence-corrected chi connectivity index (χ0v) is 13.8. The number of nitrogens with zero attached hydrogens (tertiary/aromatic N) is 2. The van der Waals surface area contributed by atoms with Crippen molar-refractivity contribution in [3.05, 3.63) is 45.7 Å². The summed E-state index contributed by atoms with van der Waals surface area (Å²) in [4.78, 5) is 0.367. The van der Waals surface area contributed by atoms with Crippen molar-refractivity contribution in [3.8, 4) is 5.75 Å². The van der Waals surface area contributed by atoms with Crippen molar-refractivity contribution in [2.24, 2.45) is 5.73 Å². The van der Waals surface area contributed by atoms with Crippen LogP contribution in [0, 0.1) is 6.92 Å². The van der Waals surface area contributed by atoms with Crippen LogP contribution in [0.3, 0.4) is 0 Å². The van der Waals surface area contributed by atoms with Crippen LogP contribution in [0.25, 0.3) is 0 Å². The lowest BCUT2D eigenvalue weighted by Crippen LogP contribution is -2.10. The minimum Gasteiger partial charge on any atom is -0.487 e. The fraction of sp³-hybridized carbons (Fsp3) is 0.286. The van der Waals surface area contributed by atoms with Crippen molar-refractivity contribution in [3.63, 3.8) is 0 Å². The fourth-order valence-electron chi connectivity index (χ4n) is 1.90. The Bertz CT molecular complexity index is 639. The molecule has 1 heterocycles. The first-order chi connectivity index (χ1) is 9.52. The lowest BCUT2D eigenvalue weighted by Gasteiger charge is -2.09. The van der Waals surface area contributed by atoms with Gasteiger partial charge < -0.3 is 10.5 Å². The number of aromatic nitrogens is 2. The lowest BCUT2D eigenvalue weighted by molar-refractivity contribution is 0.291. The lowest BCUT2D eigenvalue weighted by atomic mass is 10.2. The second kappa shape index (κ2) is 6.37. The number of rotatable bonds is 5. The minimum absolute atomic E-state index is 0.367. The molecular weight excluding hydrogens is 338 g/mol. The number of hydrogen-bond acceptors (Lipinski definition) is 3. The van der Waals surface area contributed by atoms with Crippen LogP contribution >= 0.6 is 28.1 Å². The van der Waals surface area contributed by atoms with Crippen LogP contribution in [-0.4, -0.2) is 14.8 Å². The summed E-state index contributed by atoms with van der Waals surface area (Å²) in [5.41, 5.74) is 8.40. The number of nitrogens with two attached hydrogens (primary N) is 1. The molecule has 0 spiro atoms. The summed E-state index contributed by atoms with van der Waals surface area (Å²) in [6.45, 7) is 5.26. The summed E-state index contributed by atoms with van der Waals surface area (Å²) in [6.07, 6.45) is 0. The van der Waals surface area contributed by atoms with Crippen LogP contribution in [0.4, 0.5) is 0 Å². The number of ether oxygens (including phenoxy) is 1. The first-order valence-electron chi connectivity index (χ1n) is 6.27. The predicted molar refractivity (Wildman–Crippen MR) is 87.0 cm³/mol. The number of hydrogen-bond donors (Lipinski definition) is 1. The number of thiocarbonyl (C=S) groups is 1. The van der Waals surface area contributed by atoms with E-state index in [-0.39, 0.29) is 0 Å². The normalized spacial score (nSPS) is 10.6. The van der Waals surface area contributed by atoms with Crippen molar-refractivity contribution in [1.29, 1.82) is 0 Å². The van der Waals surface area contributed by atoms with E-state index in [0.29, 0.717) is 11.6 Å². The zero-order chi connectivity index (χ0) is 14.7. The highest BCUT2D eigenvalue weighted by Gasteiger charge is 2.12. The molecule has 0 saturated heterocycles. The van der Waals surface area contributed by atoms with E-state index in [1.165, 1.54) is 0 Å². The summed E-state index contributed by atoms with van der Waals surface area (Å²) in [5, 5.41) is 4.44. The van der Waals surface area contributed by atoms with Crippen LogP contribution in [-0.2, 0) is 13.2 Å². The Balaban J connectivity index is 2.16. The van der Waals surface area contributed by atoms with Gasteiger partial charge >= 0.3 is 0 Å². The molecule has 2 N–H and O–H groups in total. The van der Waals surface area contributed by atoms with Crippen molar-refractivity contribution >= 4 is 33.1 Å². The quantitative estimate of drug-likeness (QED) is 0.838. The van der Waals surface area contributed by atoms with Gasteiger partial charge in [0.05, 0.1) is 15.9 Å². The fourth-order valence-corrected chi connectivity index (χ4v) is 2.42. The van der Waals surface area contributed by atoms with E-state index in [1.807, 2.05) is 35.9 Å². The predicted octanol–water partition coefficient (Wildman–Crippen LogP) is 3.19. The van der Waals surface area contributed by atoms with Crippen molar-refractivity contribution < 1.29 is 4.74 Å². The SMILES string of the molecule is CCn1nc(C)c(Br)c1COc1cccc(C(N)=S)c1. The Labute approximate surface area is 132 Å². The molecule has 1 aromatic heterocycles. The van der Waals surface area contributed by atoms with Gasteiger partial charge in [-0.1, -0.05) is 24.4 Å². The second-order valence-electron chi connectivity index (χ2n) is 4.34. The van der Waals surface area contributed by atoms with Crippen molar-refractivity contribution in [1.82, 2.24) is 9.78 Å². The molecular formula is C14H16BrN3OS. The molecule has 1 aromatic carbocycles. The van der Waals surface area contributed by atoms with E-state index in [2.05, 4.69) is 28.0 Å². The third-order valence-electron chi connectivity index (χ3n) is 2.95. The molecule has 0 radical (unpaired) electrons. The van der Waals surface area contributed by atoms with Gasteiger partial charge in [0.15, 0.2) is 0 Å². The van der Waals surface area contributed by atoms with Gasteiger partial charge in [-0.25, -0.2) is 0 Å². The maximum atomic E-state index is 5.81. The van der Waals surface area contributed by atoms with Crippen LogP contribution in [0.5, 0.6) is 5.75 Å². The largest absolute Gasteiger partial charge is 0.487 e. The van der Waals surface area contributed by atoms with Gasteiger partial charge in [0.25, 0.3) is 0 Å². The topological polar surface area (TPSA) is 53.1 Å². The van der Waals surface area contributed by atoms with Gasteiger partial charge in [-0.3, -0.25) is 4.68 Å². The summed E-state index contributed by atoms with van der Waals surface area (Å²) in [5.74, 6) is 0.740. The summed E-state index contributed by atoms with van der Waals surface area (Å²) >= 11 is 8.51. The standard InChI is InChI=1S/C14H16BrN3OS/c1-3-18-12(13(15)9(2)17-18)8-19-11-6-4-5-10(7-11)14(16)20/h4-7H,3,8H2,1-2H3,(H2,16,20). The zero-order valence-electron chi connectivity index (χ0n) is 11.4. The van der Waals surface area contributed by atoms with E-state index >= 15 is 0 Å². The molecule has 0 amide bonds. The van der Waals surface area contributed by atoms with Gasteiger partial charge in [-0.15, -0.1) is 0 Å². The number of benzene rings is 1. The van der Waals surface area contributed by atoms with Gasteiger partial charge in [-0.05, 0) is 41.9 Å². The molecule has 0 bridgehead atoms. The molecule has 0 atom stereocenters. The van der Waals surface area contributed by atoms with Crippen LogP contribution < -0.4 is 10.5 Å². The third kappa shape index (κ3) is 3.19. The highest BCUT2D eigenvalue weighted by Crippen LogP contribution is 2.23. The Morgan fingerprint density at radius 1 is 1.50 bits per heavy atom. The molecule has 0 unspecified atom stereocenters. The number of halogens is 1. The first kappa shape index (κ1) is 15.0. The molecule has 6 heteroatoms. The molecule has 0 fully saturated rings. The first-order valence-corrected chi connectivity index (χ1v) is 7.47. The van der Waals surface area contributed by atoms with Gasteiger partial charge in [-0.2, -0.15) is 5.10 Å². The smallest absolute Gasteiger partial charge is 0.131 e. The summed E-state index contributed by atoms with van der Waals surface area (Å²) in [6, 6.07) is 7.47. The maximum Gasteiger partial charge on any atom is 0.131 e. The second-order valence-corrected chi connectivity index (χ2v) is 5.58. The van der Waals surface area contributed by atoms with Gasteiger partial charge in [0, 0.05) is 12.1 Å². The van der Waals surface area contributed by atoms with Gasteiger partial charge in [0.2, 0.25) is 0 Å². The van der Waals surface area contributed by atoms with Crippen LogP contribution in [0.15, 0.2) is 28.7 Å². The molecule has 0 saturated carbocycles. The molecule has 0 aliphatic carbocycles. The molecule has 2 aromatic rings. The Hall–Kier alpha value is -1.40. The molecule has 0 aliphatic heterocycles. The minimum atomic E-state index is 0.367. The average molecular weight is 354 g/mol. The summed E-state index contributed by atoms with van der Waals surface area (Å²) < 4.78 is 8.73. The Morgan fingerprint density at radius 2 is 2.25 bits per heavy atom. The molecule has 106 valence electrons. The Morgan fingerprint density at radius 3 is 2.90 bits per heavy atom. The van der Waals surface area contributed by atoms with E-state index < -0.39 is 0 Å². The molecule has 0 aliphatic rings. The summed E-state index contributed by atoms with van der Waals surface area (Å²) in [7, 11) is 0. The van der Waals surface area contributed by atoms with Crippen molar-refractivity contribution in [2.45, 2.75) is 27.0 Å². The highest BCUT2D eigenvalue weighted by molar-refractivity contribution is 9.10. The maximum absolute atomic E-state index is 5.81. The van der Waals surface area contributed by atoms with E-state index in [9.17, 15) is 0 Å². The van der Waals surface area contributed by atoms with Crippen molar-refractivity contribution in [2.75, 3.05) is 0 Å². The molecule has 4 nitrogen and oxygen atoms in total. The van der Waals surface area contributed by atoms with Crippen LogP contribution in [0.1, 0.15) is 23.9 Å². The van der Waals surface area contributed by atoms with Gasteiger partial charge in [0.1, 0.15) is 17.3 Å². The number of aryl methyl sites for hydroxylation is 2. The monoisotopic (exact) mass is 353 g/mol. The molecule has 2 rings (SSSR count). The van der Waals surface area contributed by atoms with Crippen LogP contribution in [0.2, 0.25) is 0 Å². The van der Waals surface area contributed by atoms with E-state index in [4.69, 9.17) is 22.7 Å². The molecule has 20 heavy (non-hydrogen) atoms. The van der Waals surface area contributed by atoms with E-state index in [1.54, 1.807) is 0 Å². The average Bonchev–Trinajstić information content (AvgIpc) is 2.72. The Kier molecular flexibility index (Phi) is 4.77. The van der Waals surface area contributed by atoms with E-state index in [0.717, 1.165) is 33.7 Å².